The van der Waals surface area contributed by atoms with E-state index in [-0.39, 0.29) is 12.1 Å². The molecular weight excluding hydrogens is 304 g/mol. The summed E-state index contributed by atoms with van der Waals surface area (Å²) in [6, 6.07) is 8.64. The molecule has 2 fully saturated rings. The van der Waals surface area contributed by atoms with Crippen molar-refractivity contribution in [3.05, 3.63) is 28.7 Å². The van der Waals surface area contributed by atoms with E-state index in [2.05, 4.69) is 32.2 Å². The summed E-state index contributed by atoms with van der Waals surface area (Å²) in [6.07, 6.45) is 4.79. The van der Waals surface area contributed by atoms with Crippen LogP contribution < -0.4 is 5.32 Å². The average molecular weight is 325 g/mol. The third-order valence-corrected chi connectivity index (χ3v) is 5.33. The van der Waals surface area contributed by atoms with Gasteiger partial charge in [0.25, 0.3) is 0 Å². The molecule has 0 aromatic heterocycles. The topological polar surface area (TPSA) is 35.5 Å². The van der Waals surface area contributed by atoms with Crippen molar-refractivity contribution in [3.8, 4) is 0 Å². The van der Waals surface area contributed by atoms with Crippen molar-refractivity contribution in [3.63, 3.8) is 0 Å². The highest BCUT2D eigenvalue weighted by Gasteiger charge is 2.47. The monoisotopic (exact) mass is 324 g/mol. The first-order valence-electron chi connectivity index (χ1n) is 7.13. The second-order valence-corrected chi connectivity index (χ2v) is 6.57. The van der Waals surface area contributed by atoms with E-state index in [0.29, 0.717) is 6.04 Å². The molecule has 0 bridgehead atoms. The Labute approximate surface area is 123 Å². The summed E-state index contributed by atoms with van der Waals surface area (Å²) < 4.78 is 1.07. The zero-order chi connectivity index (χ0) is 13.3. The molecule has 4 heteroatoms. The first kappa shape index (κ1) is 13.4. The van der Waals surface area contributed by atoms with E-state index in [0.717, 1.165) is 23.1 Å². The van der Waals surface area contributed by atoms with Crippen molar-refractivity contribution in [1.82, 2.24) is 4.90 Å². The molecule has 0 spiro atoms. The average Bonchev–Trinajstić information content (AvgIpc) is 2.81. The third-order valence-electron chi connectivity index (χ3n) is 4.64. The van der Waals surface area contributed by atoms with Gasteiger partial charge in [-0.2, -0.15) is 0 Å². The Hall–Kier alpha value is -0.580. The maximum atomic E-state index is 10.0. The number of nitrogens with zero attached hydrogens (tertiary/aromatic N) is 1. The van der Waals surface area contributed by atoms with Crippen LogP contribution >= 0.6 is 15.9 Å². The van der Waals surface area contributed by atoms with Gasteiger partial charge in [0.05, 0.1) is 12.1 Å². The lowest BCUT2D eigenvalue weighted by atomic mass is 9.86. The highest BCUT2D eigenvalue weighted by Crippen LogP contribution is 2.38. The van der Waals surface area contributed by atoms with Crippen LogP contribution in [-0.2, 0) is 0 Å². The molecule has 2 unspecified atom stereocenters. The van der Waals surface area contributed by atoms with Gasteiger partial charge in [0.2, 0.25) is 0 Å². The molecule has 0 saturated carbocycles. The summed E-state index contributed by atoms with van der Waals surface area (Å²) in [6.45, 7) is 2.49. The van der Waals surface area contributed by atoms with E-state index in [4.69, 9.17) is 0 Å². The highest BCUT2D eigenvalue weighted by molar-refractivity contribution is 9.10. The number of benzene rings is 1. The fourth-order valence-electron chi connectivity index (χ4n) is 3.59. The zero-order valence-electron chi connectivity index (χ0n) is 11.1. The molecule has 1 aromatic carbocycles. The van der Waals surface area contributed by atoms with Gasteiger partial charge < -0.3 is 10.4 Å². The van der Waals surface area contributed by atoms with E-state index in [1.807, 2.05) is 18.2 Å². The maximum Gasteiger partial charge on any atom is 0.0771 e. The summed E-state index contributed by atoms with van der Waals surface area (Å²) >= 11 is 3.59. The van der Waals surface area contributed by atoms with Gasteiger partial charge in [-0.15, -0.1) is 0 Å². The highest BCUT2D eigenvalue weighted by atomic mass is 79.9. The van der Waals surface area contributed by atoms with Crippen molar-refractivity contribution in [2.75, 3.05) is 25.0 Å². The predicted octanol–water partition coefficient (Wildman–Crippen LogP) is 2.85. The number of nitrogens with one attached hydrogen (secondary N) is 1. The minimum absolute atomic E-state index is 0.176. The van der Waals surface area contributed by atoms with Gasteiger partial charge in [0.1, 0.15) is 0 Å². The van der Waals surface area contributed by atoms with Gasteiger partial charge in [0, 0.05) is 22.7 Å². The van der Waals surface area contributed by atoms with E-state index in [1.54, 1.807) is 0 Å². The van der Waals surface area contributed by atoms with Gasteiger partial charge in [-0.1, -0.05) is 18.6 Å². The molecule has 2 saturated heterocycles. The van der Waals surface area contributed by atoms with Crippen LogP contribution in [-0.4, -0.2) is 41.3 Å². The Morgan fingerprint density at radius 3 is 2.95 bits per heavy atom. The van der Waals surface area contributed by atoms with Gasteiger partial charge in [-0.05, 0) is 53.9 Å². The molecule has 0 aliphatic carbocycles. The maximum absolute atomic E-state index is 10.0. The smallest absolute Gasteiger partial charge is 0.0771 e. The number of hydrogen-bond donors (Lipinski definition) is 2. The van der Waals surface area contributed by atoms with Crippen molar-refractivity contribution >= 4 is 21.6 Å². The lowest BCUT2D eigenvalue weighted by Crippen LogP contribution is -2.54. The number of halogens is 1. The van der Waals surface area contributed by atoms with Gasteiger partial charge >= 0.3 is 0 Å². The number of para-hydroxylation sites is 1. The third kappa shape index (κ3) is 2.41. The second-order valence-electron chi connectivity index (χ2n) is 5.72. The fraction of sp³-hybridized carbons (Fsp3) is 0.600. The quantitative estimate of drug-likeness (QED) is 0.897. The van der Waals surface area contributed by atoms with Gasteiger partial charge in [0.15, 0.2) is 0 Å². The number of aliphatic hydroxyl groups is 1. The molecule has 104 valence electrons. The molecule has 19 heavy (non-hydrogen) atoms. The largest absolute Gasteiger partial charge is 0.394 e. The molecule has 0 amide bonds. The zero-order valence-corrected chi connectivity index (χ0v) is 12.7. The van der Waals surface area contributed by atoms with Crippen LogP contribution in [0, 0.1) is 0 Å². The lowest BCUT2D eigenvalue weighted by molar-refractivity contribution is 0.123. The Morgan fingerprint density at radius 1 is 1.32 bits per heavy atom. The number of anilines is 1. The number of rotatable bonds is 3. The fourth-order valence-corrected chi connectivity index (χ4v) is 3.98. The summed E-state index contributed by atoms with van der Waals surface area (Å²) in [4.78, 5) is 2.55. The standard InChI is InChI=1S/C15H21BrN2O/c16-12-5-1-2-6-13(12)17-15(11-19)8-10-18-9-4-3-7-14(15)18/h1-2,5-6,14,17,19H,3-4,7-11H2. The molecule has 0 radical (unpaired) electrons. The van der Waals surface area contributed by atoms with Crippen LogP contribution in [0.2, 0.25) is 0 Å². The molecular formula is C15H21BrN2O. The Bertz CT molecular complexity index is 454. The van der Waals surface area contributed by atoms with Crippen molar-refractivity contribution in [2.45, 2.75) is 37.3 Å². The van der Waals surface area contributed by atoms with E-state index in [9.17, 15) is 5.11 Å². The summed E-state index contributed by atoms with van der Waals surface area (Å²) in [5.41, 5.74) is 0.911. The van der Waals surface area contributed by atoms with E-state index >= 15 is 0 Å². The summed E-state index contributed by atoms with van der Waals surface area (Å²) in [5.74, 6) is 0. The van der Waals surface area contributed by atoms with Crippen molar-refractivity contribution in [2.24, 2.45) is 0 Å². The Kier molecular flexibility index (Phi) is 3.83. The van der Waals surface area contributed by atoms with Crippen molar-refractivity contribution < 1.29 is 5.11 Å². The minimum atomic E-state index is -0.176. The van der Waals surface area contributed by atoms with Crippen LogP contribution in [0.5, 0.6) is 0 Å². The molecule has 2 aliphatic rings. The van der Waals surface area contributed by atoms with Crippen LogP contribution in [0.3, 0.4) is 0 Å². The normalized spacial score (nSPS) is 31.2. The van der Waals surface area contributed by atoms with Crippen LogP contribution in [0.4, 0.5) is 5.69 Å². The lowest BCUT2D eigenvalue weighted by Gasteiger charge is -2.41. The molecule has 1 aromatic rings. The molecule has 3 rings (SSSR count). The first-order chi connectivity index (χ1) is 9.25. The number of hydrogen-bond acceptors (Lipinski definition) is 3. The second kappa shape index (κ2) is 5.43. The summed E-state index contributed by atoms with van der Waals surface area (Å²) in [7, 11) is 0. The molecule has 2 heterocycles. The number of fused-ring (bicyclic) bond motifs is 1. The Balaban J connectivity index is 1.85. The van der Waals surface area contributed by atoms with E-state index in [1.165, 1.54) is 25.8 Å². The van der Waals surface area contributed by atoms with Crippen LogP contribution in [0.1, 0.15) is 25.7 Å². The van der Waals surface area contributed by atoms with Crippen molar-refractivity contribution in [1.29, 1.82) is 0 Å². The Morgan fingerprint density at radius 2 is 2.16 bits per heavy atom. The molecule has 2 atom stereocenters. The van der Waals surface area contributed by atoms with Gasteiger partial charge in [-0.25, -0.2) is 0 Å². The minimum Gasteiger partial charge on any atom is -0.394 e. The van der Waals surface area contributed by atoms with Gasteiger partial charge in [-0.3, -0.25) is 4.90 Å². The first-order valence-corrected chi connectivity index (χ1v) is 7.92. The molecule has 2 aliphatic heterocycles. The van der Waals surface area contributed by atoms with Crippen LogP contribution in [0.25, 0.3) is 0 Å². The summed E-state index contributed by atoms with van der Waals surface area (Å²) in [5, 5.41) is 13.6. The SMILES string of the molecule is OCC1(Nc2ccccc2Br)CCN2CCCCC21. The van der Waals surface area contributed by atoms with E-state index < -0.39 is 0 Å². The molecule has 3 nitrogen and oxygen atoms in total. The number of piperidine rings is 1. The number of aliphatic hydroxyl groups excluding tert-OH is 1. The predicted molar refractivity (Wildman–Crippen MR) is 81.4 cm³/mol. The molecule has 2 N–H and O–H groups in total. The van der Waals surface area contributed by atoms with Crippen LogP contribution in [0.15, 0.2) is 28.7 Å².